The van der Waals surface area contributed by atoms with Crippen molar-refractivity contribution in [3.63, 3.8) is 0 Å². The van der Waals surface area contributed by atoms with E-state index in [9.17, 15) is 0 Å². The second-order valence-electron chi connectivity index (χ2n) is 3.20. The van der Waals surface area contributed by atoms with E-state index in [4.69, 9.17) is 0 Å². The number of aromatic nitrogens is 2. The fourth-order valence-corrected chi connectivity index (χ4v) is 3.16. The van der Waals surface area contributed by atoms with Crippen LogP contribution in [-0.2, 0) is 12.8 Å². The van der Waals surface area contributed by atoms with E-state index in [0.717, 1.165) is 0 Å². The number of rotatable bonds is 0. The first kappa shape index (κ1) is 7.48. The predicted molar refractivity (Wildman–Crippen MR) is 51.8 cm³/mol. The van der Waals surface area contributed by atoms with E-state index in [1.54, 1.807) is 0 Å². The van der Waals surface area contributed by atoms with Crippen molar-refractivity contribution in [2.75, 3.05) is 0 Å². The number of hydrogen-bond donors (Lipinski definition) is 0. The van der Waals surface area contributed by atoms with Gasteiger partial charge in [-0.05, 0) is 0 Å². The van der Waals surface area contributed by atoms with Crippen LogP contribution in [0.1, 0.15) is 10.0 Å². The molecule has 0 N–H and O–H groups in total. The van der Waals surface area contributed by atoms with Crippen molar-refractivity contribution in [2.24, 2.45) is 0 Å². The normalized spacial score (nSPS) is 13.5. The molecule has 0 saturated heterocycles. The van der Waals surface area contributed by atoms with Gasteiger partial charge in [-0.1, -0.05) is 0 Å². The Kier molecular flexibility index (Phi) is 1.61. The molecular weight excluding hydrogens is 227 g/mol. The minimum absolute atomic E-state index is 0.295. The zero-order chi connectivity index (χ0) is 8.67. The maximum atomic E-state index is 4.23. The standard InChI is InChI=1S/C10H8N2Se/c1-2-4-8-7(3-1)5-6-9-10(8)11-12-13-9/h1-4H,5-6H2. The van der Waals surface area contributed by atoms with Crippen molar-refractivity contribution in [2.45, 2.75) is 12.8 Å². The van der Waals surface area contributed by atoms with Gasteiger partial charge in [0.15, 0.2) is 0 Å². The fourth-order valence-electron chi connectivity index (χ4n) is 1.80. The topological polar surface area (TPSA) is 25.8 Å². The molecule has 0 radical (unpaired) electrons. The molecule has 2 aromatic rings. The quantitative estimate of drug-likeness (QED) is 0.643. The van der Waals surface area contributed by atoms with E-state index in [-0.39, 0.29) is 0 Å². The summed E-state index contributed by atoms with van der Waals surface area (Å²) in [7, 11) is 0. The molecule has 0 amide bonds. The first-order valence-electron chi connectivity index (χ1n) is 4.34. The van der Waals surface area contributed by atoms with Gasteiger partial charge in [-0.2, -0.15) is 0 Å². The molecule has 0 atom stereocenters. The van der Waals surface area contributed by atoms with Gasteiger partial charge in [0.1, 0.15) is 0 Å². The molecule has 2 nitrogen and oxygen atoms in total. The molecular formula is C10H8N2Se. The van der Waals surface area contributed by atoms with Gasteiger partial charge in [-0.25, -0.2) is 0 Å². The molecule has 0 saturated carbocycles. The molecule has 1 aromatic carbocycles. The minimum atomic E-state index is 0.295. The molecule has 3 rings (SSSR count). The Morgan fingerprint density at radius 2 is 2.08 bits per heavy atom. The Balaban J connectivity index is 2.30. The van der Waals surface area contributed by atoms with E-state index in [2.05, 4.69) is 33.5 Å². The predicted octanol–water partition coefficient (Wildman–Crippen LogP) is 1.30. The maximum absolute atomic E-state index is 4.23. The summed E-state index contributed by atoms with van der Waals surface area (Å²) < 4.78 is 5.62. The molecule has 0 fully saturated rings. The summed E-state index contributed by atoms with van der Waals surface area (Å²) in [5, 5.41) is 4.23. The third-order valence-electron chi connectivity index (χ3n) is 2.45. The first-order valence-corrected chi connectivity index (χ1v) is 5.97. The number of nitrogens with zero attached hydrogens (tertiary/aromatic N) is 2. The Morgan fingerprint density at radius 1 is 1.15 bits per heavy atom. The van der Waals surface area contributed by atoms with Gasteiger partial charge >= 0.3 is 82.3 Å². The molecule has 0 aliphatic heterocycles. The van der Waals surface area contributed by atoms with Gasteiger partial charge in [0.05, 0.1) is 0 Å². The average molecular weight is 235 g/mol. The summed E-state index contributed by atoms with van der Waals surface area (Å²) in [5.41, 5.74) is 3.91. The molecule has 3 heteroatoms. The van der Waals surface area contributed by atoms with Crippen LogP contribution in [0.15, 0.2) is 24.3 Å². The number of aryl methyl sites for hydroxylation is 2. The van der Waals surface area contributed by atoms with E-state index in [1.807, 2.05) is 0 Å². The molecule has 1 aromatic heterocycles. The van der Waals surface area contributed by atoms with Crippen LogP contribution in [0, 0.1) is 0 Å². The van der Waals surface area contributed by atoms with Crippen LogP contribution in [0.4, 0.5) is 0 Å². The van der Waals surface area contributed by atoms with Gasteiger partial charge in [0.2, 0.25) is 0 Å². The first-order chi connectivity index (χ1) is 6.45. The Hall–Kier alpha value is -0.921. The van der Waals surface area contributed by atoms with Gasteiger partial charge < -0.3 is 0 Å². The molecule has 1 aliphatic carbocycles. The van der Waals surface area contributed by atoms with Gasteiger partial charge in [0.25, 0.3) is 0 Å². The summed E-state index contributed by atoms with van der Waals surface area (Å²) in [5.74, 6) is 0. The Labute approximate surface area is 82.6 Å². The number of fused-ring (bicyclic) bond motifs is 3. The van der Waals surface area contributed by atoms with Crippen molar-refractivity contribution < 1.29 is 0 Å². The summed E-state index contributed by atoms with van der Waals surface area (Å²) >= 11 is 0.295. The summed E-state index contributed by atoms with van der Waals surface area (Å²) in [6, 6.07) is 8.53. The van der Waals surface area contributed by atoms with Crippen molar-refractivity contribution >= 4 is 14.7 Å². The van der Waals surface area contributed by atoms with Crippen molar-refractivity contribution in [1.82, 2.24) is 9.19 Å². The van der Waals surface area contributed by atoms with Crippen molar-refractivity contribution in [3.8, 4) is 11.3 Å². The molecule has 0 unspecified atom stereocenters. The van der Waals surface area contributed by atoms with Crippen molar-refractivity contribution in [3.05, 3.63) is 34.3 Å². The summed E-state index contributed by atoms with van der Waals surface area (Å²) in [4.78, 5) is 0. The molecule has 13 heavy (non-hydrogen) atoms. The van der Waals surface area contributed by atoms with Gasteiger partial charge in [0, 0.05) is 0 Å². The number of benzene rings is 1. The number of hydrogen-bond acceptors (Lipinski definition) is 2. The fraction of sp³-hybridized carbons (Fsp3) is 0.200. The third-order valence-corrected chi connectivity index (χ3v) is 4.09. The van der Waals surface area contributed by atoms with Crippen molar-refractivity contribution in [1.29, 1.82) is 0 Å². The molecule has 0 spiro atoms. The van der Waals surface area contributed by atoms with Crippen LogP contribution in [-0.4, -0.2) is 23.9 Å². The van der Waals surface area contributed by atoms with Crippen LogP contribution in [0.2, 0.25) is 0 Å². The van der Waals surface area contributed by atoms with Crippen LogP contribution in [0.5, 0.6) is 0 Å². The van der Waals surface area contributed by atoms with Gasteiger partial charge in [-0.15, -0.1) is 0 Å². The summed E-state index contributed by atoms with van der Waals surface area (Å²) in [6.07, 6.45) is 2.33. The second-order valence-corrected chi connectivity index (χ2v) is 4.96. The van der Waals surface area contributed by atoms with E-state index in [1.165, 1.54) is 34.1 Å². The molecule has 1 aliphatic rings. The Bertz CT molecular complexity index is 448. The van der Waals surface area contributed by atoms with E-state index >= 15 is 0 Å². The van der Waals surface area contributed by atoms with E-state index < -0.39 is 0 Å². The molecule has 64 valence electrons. The van der Waals surface area contributed by atoms with Crippen LogP contribution in [0.25, 0.3) is 11.3 Å². The monoisotopic (exact) mass is 236 g/mol. The van der Waals surface area contributed by atoms with Crippen LogP contribution < -0.4 is 0 Å². The van der Waals surface area contributed by atoms with Gasteiger partial charge in [-0.3, -0.25) is 0 Å². The zero-order valence-corrected chi connectivity index (χ0v) is 8.74. The molecule has 1 heterocycles. The average Bonchev–Trinajstić information content (AvgIpc) is 2.65. The Morgan fingerprint density at radius 3 is 3.08 bits per heavy atom. The van der Waals surface area contributed by atoms with E-state index in [0.29, 0.717) is 14.7 Å². The zero-order valence-electron chi connectivity index (χ0n) is 7.03. The second kappa shape index (κ2) is 2.79. The summed E-state index contributed by atoms with van der Waals surface area (Å²) in [6.45, 7) is 0. The van der Waals surface area contributed by atoms with Crippen LogP contribution >= 0.6 is 0 Å². The third kappa shape index (κ3) is 1.08. The molecule has 0 bridgehead atoms. The van der Waals surface area contributed by atoms with Crippen LogP contribution in [0.3, 0.4) is 0 Å². The SMILES string of the molecule is c1ccc2c(c1)CCc1[se]nnc1-2.